The Bertz CT molecular complexity index is 1230. The summed E-state index contributed by atoms with van der Waals surface area (Å²) in [6, 6.07) is 1.89. The van der Waals surface area contributed by atoms with Crippen LogP contribution in [0, 0.1) is 10.8 Å². The molecule has 9 heteroatoms. The Morgan fingerprint density at radius 2 is 1.94 bits per heavy atom. The number of aliphatic hydroxyl groups is 1. The first-order chi connectivity index (χ1) is 15.6. The quantitative estimate of drug-likeness (QED) is 0.610. The van der Waals surface area contributed by atoms with Crippen LogP contribution in [-0.2, 0) is 21.7 Å². The van der Waals surface area contributed by atoms with Crippen LogP contribution >= 0.6 is 0 Å². The molecule has 1 aliphatic carbocycles. The predicted molar refractivity (Wildman–Crippen MR) is 121 cm³/mol. The van der Waals surface area contributed by atoms with Gasteiger partial charge in [-0.3, -0.25) is 24.5 Å². The van der Waals surface area contributed by atoms with Gasteiger partial charge in [0.2, 0.25) is 5.78 Å². The van der Waals surface area contributed by atoms with Crippen molar-refractivity contribution in [1.29, 1.82) is 0 Å². The zero-order chi connectivity index (χ0) is 23.4. The minimum atomic E-state index is -1.13. The van der Waals surface area contributed by atoms with Crippen LogP contribution < -0.4 is 4.90 Å². The van der Waals surface area contributed by atoms with E-state index in [0.717, 1.165) is 23.9 Å². The van der Waals surface area contributed by atoms with Crippen molar-refractivity contribution >= 4 is 28.5 Å². The van der Waals surface area contributed by atoms with Crippen molar-refractivity contribution in [3.05, 3.63) is 42.9 Å². The molecule has 2 atom stereocenters. The van der Waals surface area contributed by atoms with E-state index in [2.05, 4.69) is 31.4 Å². The van der Waals surface area contributed by atoms with Crippen LogP contribution in [0.3, 0.4) is 0 Å². The largest absolute Gasteiger partial charge is 0.384 e. The summed E-state index contributed by atoms with van der Waals surface area (Å²) >= 11 is 0. The monoisotopic (exact) mass is 448 g/mol. The number of carbonyl (C=O) groups excluding carboxylic acids is 2. The van der Waals surface area contributed by atoms with Crippen LogP contribution in [0.4, 0.5) is 5.82 Å². The molecule has 1 spiro atoms. The SMILES string of the molecule is CC(C)(O)c1cnc(N2C[C@@]3(CCC[C@](C)(Cn4cnc5ccncc54)C3)C(=O)C2=O)cn1. The lowest BCUT2D eigenvalue weighted by Crippen LogP contribution is -2.42. The van der Waals surface area contributed by atoms with E-state index in [1.54, 1.807) is 20.0 Å². The first-order valence-corrected chi connectivity index (χ1v) is 11.3. The Kier molecular flexibility index (Phi) is 4.86. The third-order valence-corrected chi connectivity index (χ3v) is 7.10. The number of fused-ring (bicyclic) bond motifs is 1. The molecule has 1 aliphatic heterocycles. The van der Waals surface area contributed by atoms with Crippen molar-refractivity contribution in [1.82, 2.24) is 24.5 Å². The Morgan fingerprint density at radius 1 is 1.12 bits per heavy atom. The average molecular weight is 449 g/mol. The molecule has 5 rings (SSSR count). The fourth-order valence-corrected chi connectivity index (χ4v) is 5.51. The molecule has 33 heavy (non-hydrogen) atoms. The minimum Gasteiger partial charge on any atom is -0.384 e. The van der Waals surface area contributed by atoms with Crippen molar-refractivity contribution < 1.29 is 14.7 Å². The third kappa shape index (κ3) is 3.70. The van der Waals surface area contributed by atoms with Crippen molar-refractivity contribution in [2.24, 2.45) is 10.8 Å². The predicted octanol–water partition coefficient (Wildman–Crippen LogP) is 2.63. The molecule has 172 valence electrons. The Balaban J connectivity index is 1.40. The van der Waals surface area contributed by atoms with Gasteiger partial charge in [-0.1, -0.05) is 13.3 Å². The maximum atomic E-state index is 13.3. The van der Waals surface area contributed by atoms with Gasteiger partial charge in [0.1, 0.15) is 5.60 Å². The van der Waals surface area contributed by atoms with Crippen molar-refractivity contribution in [2.45, 2.75) is 58.6 Å². The van der Waals surface area contributed by atoms with E-state index in [0.29, 0.717) is 37.4 Å². The topological polar surface area (TPSA) is 114 Å². The highest BCUT2D eigenvalue weighted by molar-refractivity contribution is 6.45. The van der Waals surface area contributed by atoms with Crippen LogP contribution in [0.1, 0.15) is 52.1 Å². The number of anilines is 1. The van der Waals surface area contributed by atoms with Gasteiger partial charge >= 0.3 is 0 Å². The third-order valence-electron chi connectivity index (χ3n) is 7.10. The van der Waals surface area contributed by atoms with E-state index in [1.807, 2.05) is 18.6 Å². The molecule has 4 heterocycles. The van der Waals surface area contributed by atoms with E-state index in [4.69, 9.17) is 0 Å². The van der Waals surface area contributed by atoms with E-state index < -0.39 is 16.9 Å². The second-order valence-corrected chi connectivity index (χ2v) is 10.4. The minimum absolute atomic E-state index is 0.163. The number of imidazole rings is 1. The number of carbonyl (C=O) groups is 2. The number of pyridine rings is 1. The Hall–Kier alpha value is -3.20. The molecule has 0 bridgehead atoms. The lowest BCUT2D eigenvalue weighted by Gasteiger charge is -2.43. The Morgan fingerprint density at radius 3 is 2.67 bits per heavy atom. The van der Waals surface area contributed by atoms with Gasteiger partial charge in [0.25, 0.3) is 5.91 Å². The van der Waals surface area contributed by atoms with Crippen LogP contribution in [0.25, 0.3) is 11.0 Å². The van der Waals surface area contributed by atoms with Gasteiger partial charge in [-0.05, 0) is 44.6 Å². The van der Waals surface area contributed by atoms with Crippen LogP contribution in [0.5, 0.6) is 0 Å². The Labute approximate surface area is 191 Å². The highest BCUT2D eigenvalue weighted by atomic mass is 16.3. The molecular formula is C24H28N6O3. The second-order valence-electron chi connectivity index (χ2n) is 10.4. The van der Waals surface area contributed by atoms with Crippen LogP contribution in [-0.4, -0.2) is 47.8 Å². The molecule has 1 saturated heterocycles. The summed E-state index contributed by atoms with van der Waals surface area (Å²) < 4.78 is 2.10. The van der Waals surface area contributed by atoms with Gasteiger partial charge in [0.05, 0.1) is 47.1 Å². The van der Waals surface area contributed by atoms with E-state index in [1.165, 1.54) is 17.3 Å². The molecule has 1 N–H and O–H groups in total. The zero-order valence-corrected chi connectivity index (χ0v) is 19.2. The van der Waals surface area contributed by atoms with Gasteiger partial charge in [0, 0.05) is 19.3 Å². The second kappa shape index (κ2) is 7.41. The summed E-state index contributed by atoms with van der Waals surface area (Å²) in [7, 11) is 0. The first-order valence-electron chi connectivity index (χ1n) is 11.3. The number of Topliss-reactive ketones (excluding diaryl/α,β-unsaturated/α-hetero) is 1. The summed E-state index contributed by atoms with van der Waals surface area (Å²) in [5, 5.41) is 10.1. The maximum absolute atomic E-state index is 13.3. The standard InChI is InChI=1S/C24H28N6O3/c1-22(2,33)18-10-27-19(11-26-18)30-14-24(20(31)21(30)32)7-4-6-23(3,12-24)13-29-15-28-16-5-8-25-9-17(16)29/h5,8-11,15,33H,4,6-7,12-14H2,1-3H3/t23-,24-/m0/s1. The van der Waals surface area contributed by atoms with Crippen molar-refractivity contribution in [3.63, 3.8) is 0 Å². The highest BCUT2D eigenvalue weighted by Gasteiger charge is 2.56. The molecule has 3 aromatic heterocycles. The number of rotatable bonds is 4. The number of nitrogens with zero attached hydrogens (tertiary/aromatic N) is 6. The van der Waals surface area contributed by atoms with Crippen LogP contribution in [0.2, 0.25) is 0 Å². The fraction of sp³-hybridized carbons (Fsp3) is 0.500. The van der Waals surface area contributed by atoms with Gasteiger partial charge in [-0.25, -0.2) is 9.97 Å². The molecule has 0 unspecified atom stereocenters. The van der Waals surface area contributed by atoms with E-state index >= 15 is 0 Å². The molecule has 0 radical (unpaired) electrons. The first kappa shape index (κ1) is 21.6. The summed E-state index contributed by atoms with van der Waals surface area (Å²) in [6.07, 6.45) is 11.4. The normalized spacial score (nSPS) is 26.0. The van der Waals surface area contributed by atoms with Gasteiger partial charge < -0.3 is 9.67 Å². The van der Waals surface area contributed by atoms with Gasteiger partial charge in [-0.15, -0.1) is 0 Å². The number of hydrogen-bond donors (Lipinski definition) is 1. The molecular weight excluding hydrogens is 420 g/mol. The smallest absolute Gasteiger partial charge is 0.296 e. The number of aromatic nitrogens is 5. The van der Waals surface area contributed by atoms with Crippen molar-refractivity contribution in [2.75, 3.05) is 11.4 Å². The average Bonchev–Trinajstić information content (AvgIpc) is 3.28. The lowest BCUT2D eigenvalue weighted by molar-refractivity contribution is -0.140. The molecule has 0 aromatic carbocycles. The lowest BCUT2D eigenvalue weighted by atomic mass is 9.61. The van der Waals surface area contributed by atoms with E-state index in [9.17, 15) is 14.7 Å². The number of hydrogen-bond acceptors (Lipinski definition) is 7. The maximum Gasteiger partial charge on any atom is 0.296 e. The molecule has 2 fully saturated rings. The number of amides is 1. The number of ketones is 1. The van der Waals surface area contributed by atoms with Gasteiger partial charge in [0.15, 0.2) is 5.82 Å². The summed E-state index contributed by atoms with van der Waals surface area (Å²) in [6.45, 7) is 6.45. The molecule has 2 aliphatic rings. The molecule has 9 nitrogen and oxygen atoms in total. The van der Waals surface area contributed by atoms with Gasteiger partial charge in [-0.2, -0.15) is 0 Å². The molecule has 1 saturated carbocycles. The summed E-state index contributed by atoms with van der Waals surface area (Å²) in [4.78, 5) is 45.0. The molecule has 3 aromatic rings. The molecule has 1 amide bonds. The fourth-order valence-electron chi connectivity index (χ4n) is 5.51. The van der Waals surface area contributed by atoms with Crippen molar-refractivity contribution in [3.8, 4) is 0 Å². The van der Waals surface area contributed by atoms with E-state index in [-0.39, 0.29) is 11.2 Å². The highest BCUT2D eigenvalue weighted by Crippen LogP contribution is 2.51. The summed E-state index contributed by atoms with van der Waals surface area (Å²) in [5.74, 6) is -0.516. The zero-order valence-electron chi connectivity index (χ0n) is 19.2. The summed E-state index contributed by atoms with van der Waals surface area (Å²) in [5.41, 5.74) is 0.252. The van der Waals surface area contributed by atoms with Crippen LogP contribution in [0.15, 0.2) is 37.2 Å².